The van der Waals surface area contributed by atoms with Crippen LogP contribution < -0.4 is 5.32 Å². The minimum atomic E-state index is 0.468. The average Bonchev–Trinajstić information content (AvgIpc) is 2.64. The van der Waals surface area contributed by atoms with Crippen molar-refractivity contribution in [3.8, 4) is 5.75 Å². The average molecular weight is 362 g/mol. The number of rotatable bonds is 15. The fraction of sp³-hybridized carbons (Fsp3) is 0.750. The van der Waals surface area contributed by atoms with E-state index in [-0.39, 0.29) is 0 Å². The maximum Gasteiger partial charge on any atom is 0.123 e. The molecule has 0 bridgehead atoms. The van der Waals surface area contributed by atoms with Crippen LogP contribution in [-0.2, 0) is 6.54 Å². The van der Waals surface area contributed by atoms with E-state index < -0.39 is 0 Å². The molecule has 0 unspecified atom stereocenters. The SMILES string of the molecule is CCCCCCCCCCCCCCNCc1cc(C)c(C)c(C)c1O. The molecular weight excluding hydrogens is 318 g/mol. The molecule has 0 aliphatic heterocycles. The smallest absolute Gasteiger partial charge is 0.123 e. The fourth-order valence-corrected chi connectivity index (χ4v) is 3.60. The van der Waals surface area contributed by atoms with Crippen molar-refractivity contribution >= 4 is 0 Å². The predicted molar refractivity (Wildman–Crippen MR) is 115 cm³/mol. The lowest BCUT2D eigenvalue weighted by molar-refractivity contribution is 0.458. The fourth-order valence-electron chi connectivity index (χ4n) is 3.60. The number of nitrogens with one attached hydrogen (secondary N) is 1. The van der Waals surface area contributed by atoms with Gasteiger partial charge in [0, 0.05) is 12.1 Å². The molecule has 26 heavy (non-hydrogen) atoms. The molecule has 150 valence electrons. The molecule has 0 aliphatic rings. The molecule has 1 rings (SSSR count). The minimum Gasteiger partial charge on any atom is -0.507 e. The Kier molecular flexibility index (Phi) is 12.5. The molecule has 0 aliphatic carbocycles. The molecule has 1 aromatic carbocycles. The van der Waals surface area contributed by atoms with Gasteiger partial charge >= 0.3 is 0 Å². The van der Waals surface area contributed by atoms with Gasteiger partial charge in [-0.3, -0.25) is 0 Å². The van der Waals surface area contributed by atoms with Crippen molar-refractivity contribution in [3.05, 3.63) is 28.3 Å². The Labute approximate surface area is 162 Å². The predicted octanol–water partition coefficient (Wildman–Crippen LogP) is 7.11. The van der Waals surface area contributed by atoms with Gasteiger partial charge in [-0.2, -0.15) is 0 Å². The van der Waals surface area contributed by atoms with Crippen molar-refractivity contribution in [3.63, 3.8) is 0 Å². The standard InChI is InChI=1S/C24H43NO/c1-5-6-7-8-9-10-11-12-13-14-15-16-17-25-19-23-18-20(2)21(3)22(4)24(23)26/h18,25-26H,5-17,19H2,1-4H3. The third kappa shape index (κ3) is 9.07. The van der Waals surface area contributed by atoms with Gasteiger partial charge in [0.1, 0.15) is 5.75 Å². The van der Waals surface area contributed by atoms with Crippen molar-refractivity contribution in [1.29, 1.82) is 0 Å². The second-order valence-electron chi connectivity index (χ2n) is 8.02. The number of aromatic hydroxyl groups is 1. The summed E-state index contributed by atoms with van der Waals surface area (Å²) in [6.45, 7) is 10.3. The maximum absolute atomic E-state index is 10.3. The molecule has 0 saturated carbocycles. The lowest BCUT2D eigenvalue weighted by Crippen LogP contribution is -2.15. The van der Waals surface area contributed by atoms with E-state index in [1.807, 2.05) is 6.92 Å². The lowest BCUT2D eigenvalue weighted by Gasteiger charge is -2.13. The highest BCUT2D eigenvalue weighted by molar-refractivity contribution is 5.48. The van der Waals surface area contributed by atoms with Crippen LogP contribution in [0.15, 0.2) is 6.07 Å². The molecule has 0 radical (unpaired) electrons. The Morgan fingerprint density at radius 2 is 1.23 bits per heavy atom. The van der Waals surface area contributed by atoms with Crippen LogP contribution in [0.3, 0.4) is 0 Å². The Bertz CT molecular complexity index is 495. The molecule has 1 aromatic rings. The van der Waals surface area contributed by atoms with Gasteiger partial charge in [0.2, 0.25) is 0 Å². The minimum absolute atomic E-state index is 0.468. The maximum atomic E-state index is 10.3. The summed E-state index contributed by atoms with van der Waals surface area (Å²) in [5.74, 6) is 0.468. The van der Waals surface area contributed by atoms with E-state index in [1.54, 1.807) is 0 Å². The van der Waals surface area contributed by atoms with E-state index in [2.05, 4.69) is 32.2 Å². The van der Waals surface area contributed by atoms with E-state index in [1.165, 1.54) is 88.2 Å². The Morgan fingerprint density at radius 1 is 0.731 bits per heavy atom. The van der Waals surface area contributed by atoms with Crippen molar-refractivity contribution < 1.29 is 5.11 Å². The molecule has 0 atom stereocenters. The van der Waals surface area contributed by atoms with E-state index in [0.717, 1.165) is 24.2 Å². The van der Waals surface area contributed by atoms with Crippen LogP contribution in [0.4, 0.5) is 0 Å². The van der Waals surface area contributed by atoms with E-state index in [4.69, 9.17) is 0 Å². The second kappa shape index (κ2) is 14.1. The monoisotopic (exact) mass is 361 g/mol. The van der Waals surface area contributed by atoms with Crippen LogP contribution in [0, 0.1) is 20.8 Å². The van der Waals surface area contributed by atoms with Gasteiger partial charge in [-0.15, -0.1) is 0 Å². The summed E-state index contributed by atoms with van der Waals surface area (Å²) in [4.78, 5) is 0. The van der Waals surface area contributed by atoms with E-state index in [0.29, 0.717) is 5.75 Å². The van der Waals surface area contributed by atoms with E-state index >= 15 is 0 Å². The highest BCUT2D eigenvalue weighted by Crippen LogP contribution is 2.27. The number of phenolic OH excluding ortho intramolecular Hbond substituents is 1. The summed E-state index contributed by atoms with van der Waals surface area (Å²) in [5.41, 5.74) is 4.52. The summed E-state index contributed by atoms with van der Waals surface area (Å²) >= 11 is 0. The van der Waals surface area contributed by atoms with Crippen molar-refractivity contribution in [2.75, 3.05) is 6.54 Å². The number of hydrogen-bond acceptors (Lipinski definition) is 2. The molecule has 0 fully saturated rings. The first kappa shape index (κ1) is 23.0. The first-order chi connectivity index (χ1) is 12.6. The normalized spacial score (nSPS) is 11.2. The molecule has 2 heteroatoms. The molecule has 0 spiro atoms. The number of hydrogen-bond donors (Lipinski definition) is 2. The first-order valence-electron chi connectivity index (χ1n) is 11.1. The molecule has 0 heterocycles. The summed E-state index contributed by atoms with van der Waals surface area (Å²) in [6, 6.07) is 2.12. The first-order valence-corrected chi connectivity index (χ1v) is 11.1. The molecule has 0 aromatic heterocycles. The molecule has 2 N–H and O–H groups in total. The summed E-state index contributed by atoms with van der Waals surface area (Å²) in [7, 11) is 0. The third-order valence-corrected chi connectivity index (χ3v) is 5.73. The number of unbranched alkanes of at least 4 members (excludes halogenated alkanes) is 11. The topological polar surface area (TPSA) is 32.3 Å². The summed E-state index contributed by atoms with van der Waals surface area (Å²) in [5, 5.41) is 13.8. The largest absolute Gasteiger partial charge is 0.507 e. The van der Waals surface area contributed by atoms with Gasteiger partial charge < -0.3 is 10.4 Å². The van der Waals surface area contributed by atoms with Gasteiger partial charge in [0.05, 0.1) is 0 Å². The summed E-state index contributed by atoms with van der Waals surface area (Å²) < 4.78 is 0. The molecule has 0 amide bonds. The number of aryl methyl sites for hydroxylation is 1. The van der Waals surface area contributed by atoms with Gasteiger partial charge in [-0.25, -0.2) is 0 Å². The molecular formula is C24H43NO. The van der Waals surface area contributed by atoms with Crippen molar-refractivity contribution in [1.82, 2.24) is 5.32 Å². The zero-order valence-electron chi connectivity index (χ0n) is 17.9. The highest BCUT2D eigenvalue weighted by atomic mass is 16.3. The second-order valence-corrected chi connectivity index (χ2v) is 8.02. The van der Waals surface area contributed by atoms with E-state index in [9.17, 15) is 5.11 Å². The van der Waals surface area contributed by atoms with Crippen molar-refractivity contribution in [2.45, 2.75) is 111 Å². The van der Waals surface area contributed by atoms with Gasteiger partial charge in [-0.05, 0) is 50.4 Å². The molecule has 0 saturated heterocycles. The quantitative estimate of drug-likeness (QED) is 0.326. The number of benzene rings is 1. The Balaban J connectivity index is 1.97. The van der Waals surface area contributed by atoms with Crippen LogP contribution in [-0.4, -0.2) is 11.7 Å². The lowest BCUT2D eigenvalue weighted by atomic mass is 9.99. The highest BCUT2D eigenvalue weighted by Gasteiger charge is 2.09. The van der Waals surface area contributed by atoms with Crippen LogP contribution >= 0.6 is 0 Å². The van der Waals surface area contributed by atoms with Gasteiger partial charge in [0.15, 0.2) is 0 Å². The Hall–Kier alpha value is -1.02. The van der Waals surface area contributed by atoms with Crippen LogP contribution in [0.1, 0.15) is 106 Å². The van der Waals surface area contributed by atoms with Gasteiger partial charge in [0.25, 0.3) is 0 Å². The summed E-state index contributed by atoms with van der Waals surface area (Å²) in [6.07, 6.45) is 16.7. The van der Waals surface area contributed by atoms with Gasteiger partial charge in [-0.1, -0.05) is 83.6 Å². The number of phenols is 1. The van der Waals surface area contributed by atoms with Crippen LogP contribution in [0.5, 0.6) is 5.75 Å². The van der Waals surface area contributed by atoms with Crippen LogP contribution in [0.25, 0.3) is 0 Å². The zero-order valence-corrected chi connectivity index (χ0v) is 17.9. The zero-order chi connectivity index (χ0) is 19.2. The van der Waals surface area contributed by atoms with Crippen LogP contribution in [0.2, 0.25) is 0 Å². The van der Waals surface area contributed by atoms with Crippen molar-refractivity contribution in [2.24, 2.45) is 0 Å². The Morgan fingerprint density at radius 3 is 1.77 bits per heavy atom. The molecule has 2 nitrogen and oxygen atoms in total. The third-order valence-electron chi connectivity index (χ3n) is 5.73.